The number of rotatable bonds is 5. The number of hydrogen-bond donors (Lipinski definition) is 2. The molecule has 34 heavy (non-hydrogen) atoms. The third-order valence-corrected chi connectivity index (χ3v) is 7.80. The fourth-order valence-electron chi connectivity index (χ4n) is 5.97. The maximum absolute atomic E-state index is 14.0. The number of nitrogens with zero attached hydrogens (tertiary/aromatic N) is 3. The molecule has 3 aliphatic carbocycles. The zero-order valence-corrected chi connectivity index (χ0v) is 19.4. The van der Waals surface area contributed by atoms with Crippen molar-refractivity contribution in [1.29, 1.82) is 0 Å². The third kappa shape index (κ3) is 3.59. The molecule has 3 aromatic heterocycles. The maximum Gasteiger partial charge on any atom is 0.164 e. The molecule has 7 rings (SSSR count). The van der Waals surface area contributed by atoms with Crippen LogP contribution in [0, 0.1) is 23.6 Å². The van der Waals surface area contributed by atoms with Crippen LogP contribution in [0.3, 0.4) is 0 Å². The summed E-state index contributed by atoms with van der Waals surface area (Å²) in [7, 11) is 1.66. The molecule has 174 valence electrons. The lowest BCUT2D eigenvalue weighted by atomic mass is 9.62. The van der Waals surface area contributed by atoms with E-state index in [1.165, 1.54) is 37.9 Å². The van der Waals surface area contributed by atoms with Crippen LogP contribution in [0.15, 0.2) is 48.8 Å². The van der Waals surface area contributed by atoms with Crippen LogP contribution >= 0.6 is 0 Å². The van der Waals surface area contributed by atoms with E-state index in [9.17, 15) is 4.39 Å². The number of hydrogen-bond acceptors (Lipinski definition) is 5. The van der Waals surface area contributed by atoms with Gasteiger partial charge in [-0.3, -0.25) is 0 Å². The molecular formula is C27H28FN5O. The van der Waals surface area contributed by atoms with Gasteiger partial charge in [-0.15, -0.1) is 0 Å². The minimum Gasteiger partial charge on any atom is -0.496 e. The van der Waals surface area contributed by atoms with Crippen molar-refractivity contribution in [2.24, 2.45) is 17.8 Å². The van der Waals surface area contributed by atoms with E-state index in [1.807, 2.05) is 30.3 Å². The molecule has 0 aliphatic heterocycles. The van der Waals surface area contributed by atoms with Crippen LogP contribution in [0.1, 0.15) is 32.6 Å². The predicted octanol–water partition coefficient (Wildman–Crippen LogP) is 6.07. The highest BCUT2D eigenvalue weighted by Gasteiger charge is 2.41. The number of halogens is 1. The van der Waals surface area contributed by atoms with Crippen molar-refractivity contribution in [3.8, 4) is 28.4 Å². The Bertz CT molecular complexity index is 1340. The van der Waals surface area contributed by atoms with Gasteiger partial charge in [0.15, 0.2) is 5.82 Å². The molecule has 2 unspecified atom stereocenters. The highest BCUT2D eigenvalue weighted by atomic mass is 19.1. The zero-order chi connectivity index (χ0) is 23.2. The van der Waals surface area contributed by atoms with Crippen molar-refractivity contribution in [1.82, 2.24) is 19.9 Å². The van der Waals surface area contributed by atoms with Crippen molar-refractivity contribution < 1.29 is 9.13 Å². The van der Waals surface area contributed by atoms with Crippen LogP contribution < -0.4 is 10.1 Å². The third-order valence-electron chi connectivity index (χ3n) is 7.80. The topological polar surface area (TPSA) is 75.7 Å². The second-order valence-electron chi connectivity index (χ2n) is 9.62. The standard InChI is InChI=1S/C27H28FN5O/c1-15-16-7-9-17(10-8-16)25(15)32-24-12-22(19-5-3-4-6-23(19)34-2)31-27(33-24)21-14-30-26-20(21)11-18(28)13-29-26/h3-6,11-17,25H,7-10H2,1-2H3,(H,29,30)(H,31,32,33). The normalized spacial score (nSPS) is 23.9. The Morgan fingerprint density at radius 2 is 1.82 bits per heavy atom. The average molecular weight is 458 g/mol. The largest absolute Gasteiger partial charge is 0.496 e. The molecular weight excluding hydrogens is 429 g/mol. The van der Waals surface area contributed by atoms with Gasteiger partial charge in [-0.25, -0.2) is 19.3 Å². The smallest absolute Gasteiger partial charge is 0.164 e. The Kier molecular flexibility index (Phi) is 5.20. The molecule has 2 N–H and O–H groups in total. The van der Waals surface area contributed by atoms with Gasteiger partial charge >= 0.3 is 0 Å². The number of benzene rings is 1. The summed E-state index contributed by atoms with van der Waals surface area (Å²) in [5.74, 6) is 3.72. The molecule has 1 aromatic carbocycles. The van der Waals surface area contributed by atoms with Gasteiger partial charge in [-0.2, -0.15) is 0 Å². The summed E-state index contributed by atoms with van der Waals surface area (Å²) < 4.78 is 19.6. The summed E-state index contributed by atoms with van der Waals surface area (Å²) in [4.78, 5) is 17.1. The van der Waals surface area contributed by atoms with Gasteiger partial charge < -0.3 is 15.0 Å². The van der Waals surface area contributed by atoms with Gasteiger partial charge in [0, 0.05) is 34.8 Å². The lowest BCUT2D eigenvalue weighted by Gasteiger charge is -2.47. The van der Waals surface area contributed by atoms with E-state index >= 15 is 0 Å². The number of aromatic nitrogens is 4. The van der Waals surface area contributed by atoms with Crippen LogP contribution in [0.5, 0.6) is 5.75 Å². The number of H-pyrrole nitrogens is 1. The lowest BCUT2D eigenvalue weighted by molar-refractivity contribution is 0.0928. The molecule has 2 bridgehead atoms. The van der Waals surface area contributed by atoms with Crippen LogP contribution in [0.25, 0.3) is 33.7 Å². The summed E-state index contributed by atoms with van der Waals surface area (Å²) >= 11 is 0. The van der Waals surface area contributed by atoms with Gasteiger partial charge in [0.25, 0.3) is 0 Å². The van der Waals surface area contributed by atoms with Gasteiger partial charge in [-0.05, 0) is 61.6 Å². The summed E-state index contributed by atoms with van der Waals surface area (Å²) in [6.07, 6.45) is 8.22. The molecule has 0 saturated heterocycles. The minimum absolute atomic E-state index is 0.389. The Hall–Kier alpha value is -3.48. The summed E-state index contributed by atoms with van der Waals surface area (Å²) in [6.45, 7) is 2.37. The van der Waals surface area contributed by atoms with Gasteiger partial charge in [-0.1, -0.05) is 19.1 Å². The van der Waals surface area contributed by atoms with Crippen LogP contribution in [0.2, 0.25) is 0 Å². The molecule has 3 aliphatic rings. The number of anilines is 1. The van der Waals surface area contributed by atoms with E-state index in [4.69, 9.17) is 14.7 Å². The number of fused-ring (bicyclic) bond motifs is 4. The molecule has 3 fully saturated rings. The van der Waals surface area contributed by atoms with E-state index in [2.05, 4.69) is 22.2 Å². The summed E-state index contributed by atoms with van der Waals surface area (Å²) in [5.41, 5.74) is 2.98. The predicted molar refractivity (Wildman–Crippen MR) is 131 cm³/mol. The number of methoxy groups -OCH3 is 1. The molecule has 2 atom stereocenters. The Labute approximate surface area is 198 Å². The van der Waals surface area contributed by atoms with Crippen LogP contribution in [-0.4, -0.2) is 33.1 Å². The highest BCUT2D eigenvalue weighted by molar-refractivity contribution is 5.92. The first-order valence-electron chi connectivity index (χ1n) is 12.0. The molecule has 0 spiro atoms. The quantitative estimate of drug-likeness (QED) is 0.380. The Balaban J connectivity index is 1.48. The second-order valence-corrected chi connectivity index (χ2v) is 9.62. The first kappa shape index (κ1) is 21.1. The number of para-hydroxylation sites is 1. The second kappa shape index (κ2) is 8.38. The zero-order valence-electron chi connectivity index (χ0n) is 19.4. The Morgan fingerprint density at radius 1 is 1.03 bits per heavy atom. The fraction of sp³-hybridized carbons (Fsp3) is 0.370. The van der Waals surface area contributed by atoms with Crippen molar-refractivity contribution in [2.75, 3.05) is 12.4 Å². The van der Waals surface area contributed by atoms with Crippen LogP contribution in [0.4, 0.5) is 10.2 Å². The number of aromatic amines is 1. The molecule has 3 heterocycles. The number of nitrogens with one attached hydrogen (secondary N) is 2. The van der Waals surface area contributed by atoms with E-state index in [1.54, 1.807) is 13.3 Å². The maximum atomic E-state index is 14.0. The monoisotopic (exact) mass is 457 g/mol. The van der Waals surface area contributed by atoms with E-state index < -0.39 is 0 Å². The molecule has 7 heteroatoms. The molecule has 3 saturated carbocycles. The van der Waals surface area contributed by atoms with Crippen molar-refractivity contribution in [2.45, 2.75) is 38.6 Å². The van der Waals surface area contributed by atoms with E-state index in [0.717, 1.165) is 34.3 Å². The minimum atomic E-state index is -0.389. The first-order valence-corrected chi connectivity index (χ1v) is 12.0. The number of ether oxygens (including phenoxy) is 1. The van der Waals surface area contributed by atoms with Crippen molar-refractivity contribution in [3.05, 3.63) is 54.6 Å². The molecule has 0 radical (unpaired) electrons. The molecule has 0 amide bonds. The van der Waals surface area contributed by atoms with Crippen molar-refractivity contribution >= 4 is 16.9 Å². The van der Waals surface area contributed by atoms with Crippen LogP contribution in [-0.2, 0) is 0 Å². The summed E-state index contributed by atoms with van der Waals surface area (Å²) in [6, 6.07) is 11.7. The van der Waals surface area contributed by atoms with Crippen molar-refractivity contribution in [3.63, 3.8) is 0 Å². The molecule has 6 nitrogen and oxygen atoms in total. The average Bonchev–Trinajstić information content (AvgIpc) is 3.29. The highest BCUT2D eigenvalue weighted by Crippen LogP contribution is 2.46. The Morgan fingerprint density at radius 3 is 2.62 bits per heavy atom. The van der Waals surface area contributed by atoms with Gasteiger partial charge in [0.1, 0.15) is 23.0 Å². The van der Waals surface area contributed by atoms with E-state index in [-0.39, 0.29) is 5.82 Å². The summed E-state index contributed by atoms with van der Waals surface area (Å²) in [5, 5.41) is 4.44. The fourth-order valence-corrected chi connectivity index (χ4v) is 5.97. The van der Waals surface area contributed by atoms with Gasteiger partial charge in [0.2, 0.25) is 0 Å². The van der Waals surface area contributed by atoms with E-state index in [0.29, 0.717) is 34.7 Å². The SMILES string of the molecule is COc1ccccc1-c1cc(NC2C3CCC(CC3)C2C)nc(-c2c[nH]c3ncc(F)cc23)n1. The first-order chi connectivity index (χ1) is 16.6. The number of pyridine rings is 1. The van der Waals surface area contributed by atoms with Gasteiger partial charge in [0.05, 0.1) is 19.0 Å². The lowest BCUT2D eigenvalue weighted by Crippen LogP contribution is -2.47. The molecule has 4 aromatic rings.